The Morgan fingerprint density at radius 1 is 0.423 bits per heavy atom. The number of rotatable bonds is 3. The minimum atomic E-state index is -0.240. The fourth-order valence-corrected chi connectivity index (χ4v) is 8.84. The van der Waals surface area contributed by atoms with E-state index in [1.165, 1.54) is 87.6 Å². The van der Waals surface area contributed by atoms with Crippen molar-refractivity contribution in [3.05, 3.63) is 175 Å². The maximum Gasteiger partial charge on any atom is 0.227 e. The highest BCUT2D eigenvalue weighted by atomic mass is 16.3. The normalized spacial score (nSPS) is 13.3. The third kappa shape index (κ3) is 4.21. The molecule has 2 heteroatoms. The molecule has 0 amide bonds. The van der Waals surface area contributed by atoms with Crippen LogP contribution in [0, 0.1) is 0 Å². The zero-order valence-corrected chi connectivity index (χ0v) is 28.9. The van der Waals surface area contributed by atoms with Crippen molar-refractivity contribution < 1.29 is 4.42 Å². The molecule has 1 aliphatic carbocycles. The summed E-state index contributed by atoms with van der Waals surface area (Å²) in [5.41, 5.74) is 12.7. The van der Waals surface area contributed by atoms with Crippen molar-refractivity contribution in [1.29, 1.82) is 0 Å². The van der Waals surface area contributed by atoms with Gasteiger partial charge in [0, 0.05) is 11.0 Å². The number of oxazole rings is 1. The van der Waals surface area contributed by atoms with Gasteiger partial charge in [0.05, 0.1) is 0 Å². The van der Waals surface area contributed by atoms with Crippen LogP contribution in [0.25, 0.3) is 99.0 Å². The first-order chi connectivity index (χ1) is 25.5. The van der Waals surface area contributed by atoms with Crippen LogP contribution >= 0.6 is 0 Å². The Morgan fingerprint density at radius 2 is 0.962 bits per heavy atom. The lowest BCUT2D eigenvalue weighted by atomic mass is 9.79. The van der Waals surface area contributed by atoms with E-state index in [0.717, 1.165) is 16.7 Å². The van der Waals surface area contributed by atoms with Crippen LogP contribution in [-0.4, -0.2) is 4.98 Å². The van der Waals surface area contributed by atoms with Crippen LogP contribution in [0.3, 0.4) is 0 Å². The van der Waals surface area contributed by atoms with Crippen LogP contribution in [-0.2, 0) is 5.41 Å². The Hall–Kier alpha value is -6.51. The van der Waals surface area contributed by atoms with Gasteiger partial charge in [0.1, 0.15) is 5.52 Å². The maximum atomic E-state index is 6.25. The Morgan fingerprint density at radius 3 is 1.62 bits per heavy atom. The summed E-state index contributed by atoms with van der Waals surface area (Å²) in [5.74, 6) is 0.657. The van der Waals surface area contributed by atoms with Crippen LogP contribution in [0.4, 0.5) is 0 Å². The second-order valence-electron chi connectivity index (χ2n) is 14.7. The van der Waals surface area contributed by atoms with Crippen LogP contribution in [0.15, 0.2) is 168 Å². The van der Waals surface area contributed by atoms with Crippen molar-refractivity contribution in [3.8, 4) is 44.8 Å². The molecule has 11 rings (SSSR count). The number of aromatic nitrogens is 1. The monoisotopic (exact) mass is 663 g/mol. The largest absolute Gasteiger partial charge is 0.436 e. The van der Waals surface area contributed by atoms with E-state index in [4.69, 9.17) is 9.40 Å². The molecule has 0 atom stereocenters. The van der Waals surface area contributed by atoms with E-state index in [9.17, 15) is 0 Å². The maximum absolute atomic E-state index is 6.25. The summed E-state index contributed by atoms with van der Waals surface area (Å²) in [4.78, 5) is 4.85. The van der Waals surface area contributed by atoms with E-state index >= 15 is 0 Å². The van der Waals surface area contributed by atoms with Gasteiger partial charge in [-0.15, -0.1) is 0 Å². The average molecular weight is 664 g/mol. The van der Waals surface area contributed by atoms with Crippen LogP contribution < -0.4 is 0 Å². The molecule has 52 heavy (non-hydrogen) atoms. The van der Waals surface area contributed by atoms with Gasteiger partial charge in [-0.05, 0) is 136 Å². The molecule has 1 aliphatic rings. The lowest BCUT2D eigenvalue weighted by Crippen LogP contribution is -2.15. The molecule has 0 unspecified atom stereocenters. The van der Waals surface area contributed by atoms with Gasteiger partial charge in [-0.2, -0.15) is 0 Å². The predicted molar refractivity (Wildman–Crippen MR) is 218 cm³/mol. The first-order valence-corrected chi connectivity index (χ1v) is 18.0. The molecule has 9 aromatic carbocycles. The first kappa shape index (κ1) is 29.2. The van der Waals surface area contributed by atoms with Crippen molar-refractivity contribution in [1.82, 2.24) is 4.98 Å². The van der Waals surface area contributed by atoms with Crippen molar-refractivity contribution in [3.63, 3.8) is 0 Å². The number of hydrogen-bond donors (Lipinski definition) is 0. The van der Waals surface area contributed by atoms with Crippen LogP contribution in [0.1, 0.15) is 25.0 Å². The van der Waals surface area contributed by atoms with Gasteiger partial charge >= 0.3 is 0 Å². The molecule has 0 saturated heterocycles. The zero-order valence-electron chi connectivity index (χ0n) is 28.9. The molecule has 0 spiro atoms. The third-order valence-electron chi connectivity index (χ3n) is 11.4. The summed E-state index contributed by atoms with van der Waals surface area (Å²) in [5, 5.41) is 10.1. The minimum Gasteiger partial charge on any atom is -0.436 e. The summed E-state index contributed by atoms with van der Waals surface area (Å²) in [6, 6.07) is 59.9. The van der Waals surface area contributed by atoms with Crippen molar-refractivity contribution in [2.24, 2.45) is 0 Å². The molecule has 0 radical (unpaired) electrons. The molecule has 0 bridgehead atoms. The SMILES string of the molecule is CC1(C)c2cc(-c3nc4ccccc4o3)ccc2-c2cc3c(-c4ccc5ccccc5c4)c4ccccc4c(-c4ccc5ccccc5c4)c3cc21. The van der Waals surface area contributed by atoms with Crippen molar-refractivity contribution >= 4 is 54.2 Å². The summed E-state index contributed by atoms with van der Waals surface area (Å²) in [6.45, 7) is 4.72. The summed E-state index contributed by atoms with van der Waals surface area (Å²) >= 11 is 0. The molecule has 0 N–H and O–H groups in total. The fraction of sp³-hybridized carbons (Fsp3) is 0.0600. The number of nitrogens with zero attached hydrogens (tertiary/aromatic N) is 1. The molecule has 10 aromatic rings. The molecule has 0 aliphatic heterocycles. The van der Waals surface area contributed by atoms with E-state index < -0.39 is 0 Å². The quantitative estimate of drug-likeness (QED) is 0.176. The van der Waals surface area contributed by atoms with Crippen molar-refractivity contribution in [2.45, 2.75) is 19.3 Å². The molecule has 0 fully saturated rings. The van der Waals surface area contributed by atoms with Gasteiger partial charge in [0.2, 0.25) is 5.89 Å². The standard InChI is InChI=1S/C50H33NO/c1-50(2)43-27-36(49-51-45-17-9-10-18-46(45)52-49)23-24-37(43)40-28-41-42(29-44(40)50)48(35-22-20-31-12-4-6-14-33(31)26-35)39-16-8-7-15-38(39)47(41)34-21-19-30-11-3-5-13-32(30)25-34/h3-29H,1-2H3. The van der Waals surface area contributed by atoms with E-state index in [1.807, 2.05) is 24.3 Å². The zero-order chi connectivity index (χ0) is 34.6. The first-order valence-electron chi connectivity index (χ1n) is 18.0. The van der Waals surface area contributed by atoms with Crippen molar-refractivity contribution in [2.75, 3.05) is 0 Å². The highest BCUT2D eigenvalue weighted by Crippen LogP contribution is 2.54. The van der Waals surface area contributed by atoms with E-state index in [-0.39, 0.29) is 5.41 Å². The minimum absolute atomic E-state index is 0.240. The predicted octanol–water partition coefficient (Wildman–Crippen LogP) is 13.7. The second kappa shape index (κ2) is 10.7. The van der Waals surface area contributed by atoms with Gasteiger partial charge in [0.15, 0.2) is 5.58 Å². The van der Waals surface area contributed by atoms with Gasteiger partial charge in [-0.1, -0.05) is 129 Å². The molecular formula is C50H33NO. The Balaban J connectivity index is 1.22. The molecule has 1 aromatic heterocycles. The lowest BCUT2D eigenvalue weighted by Gasteiger charge is -2.24. The number of hydrogen-bond acceptors (Lipinski definition) is 2. The van der Waals surface area contributed by atoms with Gasteiger partial charge < -0.3 is 4.42 Å². The molecule has 2 nitrogen and oxygen atoms in total. The molecule has 244 valence electrons. The van der Waals surface area contributed by atoms with Crippen LogP contribution in [0.2, 0.25) is 0 Å². The summed E-state index contributed by atoms with van der Waals surface area (Å²) in [7, 11) is 0. The summed E-state index contributed by atoms with van der Waals surface area (Å²) in [6.07, 6.45) is 0. The third-order valence-corrected chi connectivity index (χ3v) is 11.4. The number of benzene rings is 9. The van der Waals surface area contributed by atoms with E-state index in [2.05, 4.69) is 153 Å². The fourth-order valence-electron chi connectivity index (χ4n) is 8.84. The number of fused-ring (bicyclic) bond motifs is 8. The highest BCUT2D eigenvalue weighted by Gasteiger charge is 2.37. The highest BCUT2D eigenvalue weighted by molar-refractivity contribution is 6.23. The van der Waals surface area contributed by atoms with Gasteiger partial charge in [0.25, 0.3) is 0 Å². The Kier molecular flexibility index (Phi) is 6.04. The van der Waals surface area contributed by atoms with E-state index in [0.29, 0.717) is 5.89 Å². The molecule has 1 heterocycles. The average Bonchev–Trinajstić information content (AvgIpc) is 3.72. The number of para-hydroxylation sites is 2. The lowest BCUT2D eigenvalue weighted by molar-refractivity contribution is 0.618. The molecular weight excluding hydrogens is 631 g/mol. The Labute approximate surface area is 301 Å². The smallest absolute Gasteiger partial charge is 0.227 e. The summed E-state index contributed by atoms with van der Waals surface area (Å²) < 4.78 is 6.25. The molecule has 0 saturated carbocycles. The topological polar surface area (TPSA) is 26.0 Å². The van der Waals surface area contributed by atoms with Gasteiger partial charge in [-0.3, -0.25) is 0 Å². The second-order valence-corrected chi connectivity index (χ2v) is 14.7. The van der Waals surface area contributed by atoms with Crippen LogP contribution in [0.5, 0.6) is 0 Å². The van der Waals surface area contributed by atoms with E-state index in [1.54, 1.807) is 0 Å². The van der Waals surface area contributed by atoms with Gasteiger partial charge in [-0.25, -0.2) is 4.98 Å². The Bertz CT molecular complexity index is 3070.